The minimum Gasteiger partial charge on any atom is -0.862 e. The van der Waals surface area contributed by atoms with Crippen LogP contribution >= 0.6 is 0 Å². The molecule has 3 aromatic rings. The van der Waals surface area contributed by atoms with E-state index in [4.69, 9.17) is 5.73 Å². The number of benzene rings is 2. The van der Waals surface area contributed by atoms with E-state index in [9.17, 15) is 13.5 Å². The summed E-state index contributed by atoms with van der Waals surface area (Å²) in [6, 6.07) is 16.9. The number of rotatable bonds is 8. The van der Waals surface area contributed by atoms with Crippen LogP contribution in [0, 0.1) is 6.92 Å². The first kappa shape index (κ1) is 23.1. The van der Waals surface area contributed by atoms with Crippen LogP contribution in [-0.2, 0) is 16.6 Å². The molecule has 0 radical (unpaired) electrons. The van der Waals surface area contributed by atoms with Gasteiger partial charge >= 0.3 is 0 Å². The zero-order valence-corrected chi connectivity index (χ0v) is 19.1. The third-order valence-corrected chi connectivity index (χ3v) is 6.89. The molecule has 0 atom stereocenters. The van der Waals surface area contributed by atoms with Gasteiger partial charge in [0.05, 0.1) is 22.0 Å². The Hall–Kier alpha value is -3.59. The molecule has 0 saturated carbocycles. The standard InChI is InChI=1S/C23H27N5O3S/c1-17-15-18(24)11-13-28(17)14-12-23(29)26-22-16-20(9-10-21(22)25-2)32(30,31)27(3)19-7-5-4-6-8-19/h4-11,13,15-16,24-25H,12,14H2,1-3H3,(H,26,29). The molecule has 0 fully saturated rings. The van der Waals surface area contributed by atoms with Gasteiger partial charge in [-0.15, -0.1) is 0 Å². The molecular formula is C23H27N5O3S. The second kappa shape index (κ2) is 9.69. The molecule has 3 rings (SSSR count). The van der Waals surface area contributed by atoms with E-state index in [0.29, 0.717) is 23.6 Å². The average Bonchev–Trinajstić information content (AvgIpc) is 2.78. The zero-order valence-electron chi connectivity index (χ0n) is 18.3. The molecule has 32 heavy (non-hydrogen) atoms. The lowest BCUT2D eigenvalue weighted by molar-refractivity contribution is -0.701. The molecule has 1 aromatic heterocycles. The van der Waals surface area contributed by atoms with E-state index >= 15 is 0 Å². The maximum absolute atomic E-state index is 13.1. The van der Waals surface area contributed by atoms with Crippen molar-refractivity contribution in [1.82, 2.24) is 0 Å². The van der Waals surface area contributed by atoms with Crippen LogP contribution in [0.15, 0.2) is 76.7 Å². The van der Waals surface area contributed by atoms with Crippen LogP contribution in [0.5, 0.6) is 0 Å². The van der Waals surface area contributed by atoms with Gasteiger partial charge in [0.15, 0.2) is 18.4 Å². The predicted molar refractivity (Wildman–Crippen MR) is 126 cm³/mol. The molecule has 8 nitrogen and oxygen atoms in total. The molecule has 0 aliphatic carbocycles. The van der Waals surface area contributed by atoms with Crippen LogP contribution in [0.4, 0.5) is 22.7 Å². The van der Waals surface area contributed by atoms with Crippen LogP contribution in [0.1, 0.15) is 12.1 Å². The van der Waals surface area contributed by atoms with Crippen LogP contribution < -0.4 is 25.0 Å². The Morgan fingerprint density at radius 3 is 2.53 bits per heavy atom. The number of pyridine rings is 1. The summed E-state index contributed by atoms with van der Waals surface area (Å²) in [6.45, 7) is 2.35. The van der Waals surface area contributed by atoms with Crippen molar-refractivity contribution < 1.29 is 18.1 Å². The summed E-state index contributed by atoms with van der Waals surface area (Å²) >= 11 is 0. The van der Waals surface area contributed by atoms with Gasteiger partial charge in [0.1, 0.15) is 0 Å². The molecular weight excluding hydrogens is 426 g/mol. The Bertz CT molecular complexity index is 1230. The fraction of sp³-hybridized carbons (Fsp3) is 0.217. The summed E-state index contributed by atoms with van der Waals surface area (Å²) < 4.78 is 29.3. The summed E-state index contributed by atoms with van der Waals surface area (Å²) in [5, 5.41) is 15.5. The topological polar surface area (TPSA) is 115 Å². The van der Waals surface area contributed by atoms with E-state index < -0.39 is 10.0 Å². The number of aromatic nitrogens is 1. The number of aryl methyl sites for hydroxylation is 2. The minimum atomic E-state index is -3.82. The summed E-state index contributed by atoms with van der Waals surface area (Å²) in [6.07, 6.45) is 1.99. The maximum Gasteiger partial charge on any atom is 0.264 e. The Kier molecular flexibility index (Phi) is 6.99. The first-order valence-electron chi connectivity index (χ1n) is 10.1. The molecule has 0 unspecified atom stereocenters. The molecule has 9 heteroatoms. The summed E-state index contributed by atoms with van der Waals surface area (Å²) in [4.78, 5) is 4.23. The van der Waals surface area contributed by atoms with Crippen LogP contribution in [0.3, 0.4) is 0 Å². The van der Waals surface area contributed by atoms with Gasteiger partial charge < -0.3 is 16.2 Å². The van der Waals surface area contributed by atoms with Crippen molar-refractivity contribution in [3.8, 4) is 0 Å². The number of nitrogens with one attached hydrogen (secondary N) is 1. The van der Waals surface area contributed by atoms with Crippen molar-refractivity contribution in [2.45, 2.75) is 24.8 Å². The number of nitrogen functional groups attached to an aromatic ring is 1. The van der Waals surface area contributed by atoms with Gasteiger partial charge in [-0.1, -0.05) is 18.2 Å². The lowest BCUT2D eigenvalue weighted by Crippen LogP contribution is -2.39. The highest BCUT2D eigenvalue weighted by Crippen LogP contribution is 2.30. The number of para-hydroxylation sites is 1. The third-order valence-electron chi connectivity index (χ3n) is 5.10. The number of hydrogen-bond acceptors (Lipinski definition) is 6. The number of sulfonamides is 1. The maximum atomic E-state index is 13.1. The molecule has 1 heterocycles. The van der Waals surface area contributed by atoms with Crippen molar-refractivity contribution >= 4 is 38.7 Å². The Morgan fingerprint density at radius 1 is 1.16 bits per heavy atom. The van der Waals surface area contributed by atoms with E-state index in [0.717, 1.165) is 5.69 Å². The Balaban J connectivity index is 1.87. The number of anilines is 3. The van der Waals surface area contributed by atoms with E-state index in [1.54, 1.807) is 43.4 Å². The minimum absolute atomic E-state index is 0.0538. The Morgan fingerprint density at radius 2 is 1.88 bits per heavy atom. The van der Waals surface area contributed by atoms with Gasteiger partial charge in [-0.05, 0) is 36.2 Å². The van der Waals surface area contributed by atoms with Crippen molar-refractivity contribution in [1.29, 1.82) is 0 Å². The first-order valence-corrected chi connectivity index (χ1v) is 11.5. The third kappa shape index (κ3) is 5.17. The van der Waals surface area contributed by atoms with Crippen molar-refractivity contribution in [3.63, 3.8) is 0 Å². The monoisotopic (exact) mass is 453 g/mol. The highest BCUT2D eigenvalue weighted by atomic mass is 32.2. The van der Waals surface area contributed by atoms with Gasteiger partial charge in [-0.25, -0.2) is 13.0 Å². The lowest BCUT2D eigenvalue weighted by atomic mass is 10.2. The van der Waals surface area contributed by atoms with E-state index in [-0.39, 0.29) is 22.9 Å². The number of nitrogens with two attached hydrogens (primary N) is 1. The Labute approximate surface area is 188 Å². The van der Waals surface area contributed by atoms with E-state index in [2.05, 4.69) is 10.3 Å². The molecule has 0 amide bonds. The molecule has 0 saturated heterocycles. The summed E-state index contributed by atoms with van der Waals surface area (Å²) in [5.74, 6) is -0.351. The van der Waals surface area contributed by atoms with Crippen molar-refractivity contribution in [3.05, 3.63) is 72.6 Å². The number of nitrogens with zero attached hydrogens (tertiary/aromatic N) is 3. The average molecular weight is 454 g/mol. The van der Waals surface area contributed by atoms with Crippen LogP contribution in [0.25, 0.3) is 0 Å². The van der Waals surface area contributed by atoms with Crippen molar-refractivity contribution in [2.24, 2.45) is 4.99 Å². The van der Waals surface area contributed by atoms with Gasteiger partial charge in [0, 0.05) is 45.3 Å². The number of hydrogen-bond donors (Lipinski definition) is 2. The van der Waals surface area contributed by atoms with Crippen LogP contribution in [0.2, 0.25) is 0 Å². The van der Waals surface area contributed by atoms with Gasteiger partial charge in [0.25, 0.3) is 10.0 Å². The largest absolute Gasteiger partial charge is 0.862 e. The molecule has 3 N–H and O–H groups in total. The van der Waals surface area contributed by atoms with E-state index in [1.807, 2.05) is 29.8 Å². The summed E-state index contributed by atoms with van der Waals surface area (Å²) in [7, 11) is -0.640. The highest BCUT2D eigenvalue weighted by molar-refractivity contribution is 7.92. The molecule has 0 bridgehead atoms. The smallest absolute Gasteiger partial charge is 0.264 e. The second-order valence-electron chi connectivity index (χ2n) is 7.29. The molecule has 0 aliphatic heterocycles. The number of aliphatic imine (C=N–C) groups is 1. The fourth-order valence-corrected chi connectivity index (χ4v) is 4.45. The van der Waals surface area contributed by atoms with Gasteiger partial charge in [-0.2, -0.15) is 0 Å². The van der Waals surface area contributed by atoms with Crippen molar-refractivity contribution in [2.75, 3.05) is 29.5 Å². The quantitative estimate of drug-likeness (QED) is 0.308. The molecule has 168 valence electrons. The van der Waals surface area contributed by atoms with Crippen LogP contribution in [-0.4, -0.2) is 28.4 Å². The summed E-state index contributed by atoms with van der Waals surface area (Å²) in [5.41, 5.74) is 8.74. The predicted octanol–water partition coefficient (Wildman–Crippen LogP) is 2.21. The second-order valence-corrected chi connectivity index (χ2v) is 9.26. The van der Waals surface area contributed by atoms with E-state index in [1.165, 1.54) is 23.5 Å². The SMILES string of the molecule is CNc1ccc(S(=O)(=O)N(C)c2ccccc2)cc1N=C([O-])CC[n+]1ccc(N)cc1C. The first-order chi connectivity index (χ1) is 15.2. The molecule has 0 spiro atoms. The molecule has 0 aliphatic rings. The van der Waals surface area contributed by atoms with Gasteiger partial charge in [-0.3, -0.25) is 9.30 Å². The fourth-order valence-electron chi connectivity index (χ4n) is 3.23. The normalized spacial score (nSPS) is 11.9. The molecule has 2 aromatic carbocycles. The lowest BCUT2D eigenvalue weighted by Gasteiger charge is -2.20. The zero-order chi connectivity index (χ0) is 23.3. The highest BCUT2D eigenvalue weighted by Gasteiger charge is 2.22. The van der Waals surface area contributed by atoms with Gasteiger partial charge in [0.2, 0.25) is 0 Å².